The van der Waals surface area contributed by atoms with Gasteiger partial charge in [0, 0.05) is 25.8 Å². The fraction of sp³-hybridized carbons (Fsp3) is 0.412. The third-order valence-corrected chi connectivity index (χ3v) is 4.34. The highest BCUT2D eigenvalue weighted by Crippen LogP contribution is 2.33. The van der Waals surface area contributed by atoms with Crippen molar-refractivity contribution in [3.8, 4) is 11.5 Å². The van der Waals surface area contributed by atoms with Gasteiger partial charge in [-0.15, -0.1) is 0 Å². The Bertz CT molecular complexity index is 732. The Morgan fingerprint density at radius 3 is 2.35 bits per heavy atom. The van der Waals surface area contributed by atoms with E-state index < -0.39 is 0 Å². The third kappa shape index (κ3) is 2.76. The van der Waals surface area contributed by atoms with Gasteiger partial charge >= 0.3 is 0 Å². The van der Waals surface area contributed by atoms with Crippen LogP contribution in [0.5, 0.6) is 11.5 Å². The topological polar surface area (TPSA) is 56.6 Å². The highest BCUT2D eigenvalue weighted by atomic mass is 16.5. The van der Waals surface area contributed by atoms with E-state index in [-0.39, 0.29) is 5.91 Å². The number of aryl methyl sites for hydroxylation is 2. The molecule has 0 aliphatic carbocycles. The molecule has 3 rings (SSSR count). The van der Waals surface area contributed by atoms with Gasteiger partial charge in [0.1, 0.15) is 0 Å². The molecule has 23 heavy (non-hydrogen) atoms. The standard InChI is InChI=1S/C17H21N3O3/c1-11-7-14(18-19(11)2)17(21)20-6-5-12-8-15(22-3)16(23-4)9-13(12)10-20/h7-9H,5-6,10H2,1-4H3. The van der Waals surface area contributed by atoms with E-state index in [1.165, 1.54) is 5.56 Å². The maximum atomic E-state index is 12.6. The fourth-order valence-electron chi connectivity index (χ4n) is 2.88. The number of hydrogen-bond donors (Lipinski definition) is 0. The summed E-state index contributed by atoms with van der Waals surface area (Å²) >= 11 is 0. The summed E-state index contributed by atoms with van der Waals surface area (Å²) in [6, 6.07) is 5.78. The van der Waals surface area contributed by atoms with E-state index in [1.807, 2.05) is 37.1 Å². The van der Waals surface area contributed by atoms with Crippen LogP contribution in [0, 0.1) is 6.92 Å². The molecule has 0 unspecified atom stereocenters. The molecule has 1 aromatic heterocycles. The van der Waals surface area contributed by atoms with Gasteiger partial charge in [-0.1, -0.05) is 0 Å². The van der Waals surface area contributed by atoms with Gasteiger partial charge in [0.2, 0.25) is 0 Å². The number of ether oxygens (including phenoxy) is 2. The third-order valence-electron chi connectivity index (χ3n) is 4.34. The first-order valence-electron chi connectivity index (χ1n) is 7.57. The number of hydrogen-bond acceptors (Lipinski definition) is 4. The summed E-state index contributed by atoms with van der Waals surface area (Å²) in [6.07, 6.45) is 0.799. The van der Waals surface area contributed by atoms with Gasteiger partial charge in [-0.2, -0.15) is 5.10 Å². The van der Waals surface area contributed by atoms with Gasteiger partial charge in [0.15, 0.2) is 17.2 Å². The Kier molecular flexibility index (Phi) is 3.98. The number of aromatic nitrogens is 2. The lowest BCUT2D eigenvalue weighted by molar-refractivity contribution is 0.0727. The Hall–Kier alpha value is -2.50. The first-order chi connectivity index (χ1) is 11.0. The largest absolute Gasteiger partial charge is 0.493 e. The summed E-state index contributed by atoms with van der Waals surface area (Å²) in [6.45, 7) is 3.17. The first-order valence-corrected chi connectivity index (χ1v) is 7.57. The summed E-state index contributed by atoms with van der Waals surface area (Å²) in [5, 5.41) is 4.28. The average molecular weight is 315 g/mol. The second-order valence-electron chi connectivity index (χ2n) is 5.75. The molecule has 1 aromatic carbocycles. The van der Waals surface area contributed by atoms with Crippen molar-refractivity contribution < 1.29 is 14.3 Å². The van der Waals surface area contributed by atoms with Crippen LogP contribution in [0.2, 0.25) is 0 Å². The Morgan fingerprint density at radius 1 is 1.13 bits per heavy atom. The summed E-state index contributed by atoms with van der Waals surface area (Å²) in [5.74, 6) is 1.38. The molecule has 0 radical (unpaired) electrons. The molecule has 0 saturated carbocycles. The predicted molar refractivity (Wildman–Crippen MR) is 85.9 cm³/mol. The molecule has 0 saturated heterocycles. The van der Waals surface area contributed by atoms with Crippen molar-refractivity contribution in [2.45, 2.75) is 19.9 Å². The van der Waals surface area contributed by atoms with Crippen LogP contribution < -0.4 is 9.47 Å². The average Bonchev–Trinajstić information content (AvgIpc) is 2.91. The number of fused-ring (bicyclic) bond motifs is 1. The maximum Gasteiger partial charge on any atom is 0.274 e. The zero-order valence-corrected chi connectivity index (χ0v) is 13.9. The van der Waals surface area contributed by atoms with E-state index >= 15 is 0 Å². The van der Waals surface area contributed by atoms with Crippen LogP contribution in [-0.4, -0.2) is 41.4 Å². The van der Waals surface area contributed by atoms with Crippen molar-refractivity contribution in [1.29, 1.82) is 0 Å². The summed E-state index contributed by atoms with van der Waals surface area (Å²) in [5.41, 5.74) is 3.75. The number of carbonyl (C=O) groups excluding carboxylic acids is 1. The van der Waals surface area contributed by atoms with Crippen LogP contribution >= 0.6 is 0 Å². The van der Waals surface area contributed by atoms with Gasteiger partial charge in [-0.25, -0.2) is 0 Å². The smallest absolute Gasteiger partial charge is 0.274 e. The van der Waals surface area contributed by atoms with Crippen LogP contribution in [0.25, 0.3) is 0 Å². The van der Waals surface area contributed by atoms with E-state index in [9.17, 15) is 4.79 Å². The van der Waals surface area contributed by atoms with E-state index in [1.54, 1.807) is 18.9 Å². The van der Waals surface area contributed by atoms with Crippen LogP contribution in [0.1, 0.15) is 27.3 Å². The molecule has 2 heterocycles. The first kappa shape index (κ1) is 15.4. The van der Waals surface area contributed by atoms with Crippen molar-refractivity contribution in [1.82, 2.24) is 14.7 Å². The molecule has 0 bridgehead atoms. The molecule has 122 valence electrons. The Balaban J connectivity index is 1.86. The molecular formula is C17H21N3O3. The zero-order chi connectivity index (χ0) is 16.6. The normalized spacial score (nSPS) is 13.7. The summed E-state index contributed by atoms with van der Waals surface area (Å²) < 4.78 is 12.4. The lowest BCUT2D eigenvalue weighted by Crippen LogP contribution is -2.36. The molecule has 1 aliphatic heterocycles. The van der Waals surface area contributed by atoms with E-state index in [2.05, 4.69) is 5.10 Å². The second-order valence-corrected chi connectivity index (χ2v) is 5.75. The molecule has 2 aromatic rings. The highest BCUT2D eigenvalue weighted by Gasteiger charge is 2.25. The van der Waals surface area contributed by atoms with Crippen LogP contribution in [0.15, 0.2) is 18.2 Å². The zero-order valence-electron chi connectivity index (χ0n) is 13.9. The van der Waals surface area contributed by atoms with Gasteiger partial charge in [-0.05, 0) is 42.7 Å². The number of rotatable bonds is 3. The van der Waals surface area contributed by atoms with Crippen molar-refractivity contribution in [3.63, 3.8) is 0 Å². The molecule has 0 fully saturated rings. The summed E-state index contributed by atoms with van der Waals surface area (Å²) in [4.78, 5) is 14.5. The van der Waals surface area contributed by atoms with Crippen molar-refractivity contribution >= 4 is 5.91 Å². The fourth-order valence-corrected chi connectivity index (χ4v) is 2.88. The van der Waals surface area contributed by atoms with Gasteiger partial charge < -0.3 is 14.4 Å². The quantitative estimate of drug-likeness (QED) is 0.868. The Labute approximate surface area is 135 Å². The lowest BCUT2D eigenvalue weighted by atomic mass is 9.98. The molecule has 0 spiro atoms. The Morgan fingerprint density at radius 2 is 1.78 bits per heavy atom. The molecule has 0 N–H and O–H groups in total. The number of methoxy groups -OCH3 is 2. The van der Waals surface area contributed by atoms with Crippen molar-refractivity contribution in [2.75, 3.05) is 20.8 Å². The maximum absolute atomic E-state index is 12.6. The van der Waals surface area contributed by atoms with Crippen LogP contribution in [-0.2, 0) is 20.0 Å². The van der Waals surface area contributed by atoms with E-state index in [0.717, 1.165) is 23.4 Å². The van der Waals surface area contributed by atoms with Crippen molar-refractivity contribution in [3.05, 3.63) is 40.7 Å². The number of benzene rings is 1. The molecule has 6 nitrogen and oxygen atoms in total. The molecule has 6 heteroatoms. The minimum absolute atomic E-state index is 0.0332. The molecule has 1 aliphatic rings. The van der Waals surface area contributed by atoms with Gasteiger partial charge in [0.25, 0.3) is 5.91 Å². The van der Waals surface area contributed by atoms with Crippen LogP contribution in [0.4, 0.5) is 0 Å². The minimum atomic E-state index is -0.0332. The molecule has 0 atom stereocenters. The SMILES string of the molecule is COc1cc2c(cc1OC)CN(C(=O)c1cc(C)n(C)n1)CC2. The highest BCUT2D eigenvalue weighted by molar-refractivity contribution is 5.92. The van der Waals surface area contributed by atoms with E-state index in [0.29, 0.717) is 24.5 Å². The number of amides is 1. The summed E-state index contributed by atoms with van der Waals surface area (Å²) in [7, 11) is 5.09. The van der Waals surface area contributed by atoms with Gasteiger partial charge in [-0.3, -0.25) is 9.48 Å². The number of nitrogens with zero attached hydrogens (tertiary/aromatic N) is 3. The molecule has 1 amide bonds. The second kappa shape index (κ2) is 5.95. The van der Waals surface area contributed by atoms with Crippen LogP contribution in [0.3, 0.4) is 0 Å². The van der Waals surface area contributed by atoms with Gasteiger partial charge in [0.05, 0.1) is 14.2 Å². The van der Waals surface area contributed by atoms with Crippen molar-refractivity contribution in [2.24, 2.45) is 7.05 Å². The lowest BCUT2D eigenvalue weighted by Gasteiger charge is -2.29. The minimum Gasteiger partial charge on any atom is -0.493 e. The molecular weight excluding hydrogens is 294 g/mol. The monoisotopic (exact) mass is 315 g/mol. The predicted octanol–water partition coefficient (Wildman–Crippen LogP) is 1.94. The number of carbonyl (C=O) groups is 1. The van der Waals surface area contributed by atoms with E-state index in [4.69, 9.17) is 9.47 Å².